The number of carbonyl (C=O) groups is 1. The van der Waals surface area contributed by atoms with E-state index in [1.165, 1.54) is 18.7 Å². The second-order valence-electron chi connectivity index (χ2n) is 6.34. The highest BCUT2D eigenvalue weighted by molar-refractivity contribution is 7.99. The van der Waals surface area contributed by atoms with Crippen molar-refractivity contribution >= 4 is 29.1 Å². The number of halogens is 1. The van der Waals surface area contributed by atoms with Crippen LogP contribution in [0.1, 0.15) is 45.5 Å². The Morgan fingerprint density at radius 3 is 2.62 bits per heavy atom. The lowest BCUT2D eigenvalue weighted by Crippen LogP contribution is -2.15. The Hall–Kier alpha value is -2.50. The van der Waals surface area contributed by atoms with Crippen LogP contribution in [0.3, 0.4) is 0 Å². The van der Waals surface area contributed by atoms with Gasteiger partial charge in [-0.2, -0.15) is 5.26 Å². The van der Waals surface area contributed by atoms with Crippen LogP contribution >= 0.6 is 23.4 Å². The maximum absolute atomic E-state index is 12.3. The summed E-state index contributed by atoms with van der Waals surface area (Å²) < 4.78 is 7.83. The molecule has 0 aliphatic carbocycles. The van der Waals surface area contributed by atoms with E-state index >= 15 is 0 Å². The van der Waals surface area contributed by atoms with Gasteiger partial charge in [-0.1, -0.05) is 49.3 Å². The van der Waals surface area contributed by atoms with Gasteiger partial charge in [-0.25, -0.2) is 0 Å². The van der Waals surface area contributed by atoms with Crippen LogP contribution in [0, 0.1) is 11.3 Å². The first-order chi connectivity index (χ1) is 13.9. The lowest BCUT2D eigenvalue weighted by Gasteiger charge is -2.19. The highest BCUT2D eigenvalue weighted by atomic mass is 35.5. The quantitative estimate of drug-likeness (QED) is 0.338. The third-order valence-electron chi connectivity index (χ3n) is 4.35. The number of aromatic nitrogens is 3. The maximum Gasteiger partial charge on any atom is 0.192 e. The molecule has 1 heterocycles. The molecule has 0 atom stereocenters. The summed E-state index contributed by atoms with van der Waals surface area (Å²) in [4.78, 5) is 12.3. The van der Waals surface area contributed by atoms with Crippen LogP contribution in [-0.4, -0.2) is 26.3 Å². The summed E-state index contributed by atoms with van der Waals surface area (Å²) in [5.74, 6) is 0.950. The second kappa shape index (κ2) is 10.9. The van der Waals surface area contributed by atoms with Crippen molar-refractivity contribution < 1.29 is 9.53 Å². The maximum atomic E-state index is 12.3. The Balaban J connectivity index is 2.22. The minimum atomic E-state index is -0.328. The first kappa shape index (κ1) is 22.8. The largest absolute Gasteiger partial charge is 0.484 e. The lowest BCUT2D eigenvalue weighted by atomic mass is 10.2. The SMILES string of the molecule is CCC(CC)n1c(COc2ccccc2Cl)nnc1SCC(=O)/C(C#N)=C(\C)N. The van der Waals surface area contributed by atoms with Gasteiger partial charge in [0.25, 0.3) is 0 Å². The van der Waals surface area contributed by atoms with Crippen LogP contribution in [0.25, 0.3) is 0 Å². The number of Topliss-reactive ketones (excluding diaryl/α,β-unsaturated/α-hetero) is 1. The smallest absolute Gasteiger partial charge is 0.192 e. The molecule has 2 rings (SSSR count). The molecule has 9 heteroatoms. The molecule has 7 nitrogen and oxygen atoms in total. The van der Waals surface area contributed by atoms with Crippen molar-refractivity contribution in [1.82, 2.24) is 14.8 Å². The van der Waals surface area contributed by atoms with E-state index in [-0.39, 0.29) is 35.5 Å². The number of hydrogen-bond acceptors (Lipinski definition) is 7. The summed E-state index contributed by atoms with van der Waals surface area (Å²) in [6, 6.07) is 9.26. The number of para-hydroxylation sites is 1. The third-order valence-corrected chi connectivity index (χ3v) is 5.61. The zero-order valence-electron chi connectivity index (χ0n) is 16.7. The topological polar surface area (TPSA) is 107 Å². The molecule has 2 aromatic rings. The van der Waals surface area contributed by atoms with Crippen LogP contribution in [0.4, 0.5) is 0 Å². The van der Waals surface area contributed by atoms with Crippen LogP contribution in [0.2, 0.25) is 5.02 Å². The van der Waals surface area contributed by atoms with Crippen molar-refractivity contribution in [2.75, 3.05) is 5.75 Å². The number of carbonyl (C=O) groups excluding carboxylic acids is 1. The summed E-state index contributed by atoms with van der Waals surface area (Å²) in [6.07, 6.45) is 1.75. The number of ketones is 1. The zero-order chi connectivity index (χ0) is 21.4. The number of nitriles is 1. The van der Waals surface area contributed by atoms with Gasteiger partial charge < -0.3 is 15.0 Å². The fraction of sp³-hybridized carbons (Fsp3) is 0.400. The Morgan fingerprint density at radius 2 is 2.03 bits per heavy atom. The molecule has 0 bridgehead atoms. The second-order valence-corrected chi connectivity index (χ2v) is 7.69. The standard InChI is InChI=1S/C20H24ClN5O2S/c1-4-14(5-2)26-19(11-28-18-9-7-6-8-16(18)21)24-25-20(26)29-12-17(27)15(10-22)13(3)23/h6-9,14H,4-5,11-12,23H2,1-3H3/b15-13+. The Morgan fingerprint density at radius 1 is 1.34 bits per heavy atom. The third kappa shape index (κ3) is 5.75. The Labute approximate surface area is 179 Å². The van der Waals surface area contributed by atoms with Crippen molar-refractivity contribution in [3.8, 4) is 11.8 Å². The van der Waals surface area contributed by atoms with E-state index in [4.69, 9.17) is 27.3 Å². The number of thioether (sulfide) groups is 1. The summed E-state index contributed by atoms with van der Waals surface area (Å²) in [7, 11) is 0. The molecule has 154 valence electrons. The van der Waals surface area contributed by atoms with E-state index in [9.17, 15) is 4.79 Å². The Bertz CT molecular complexity index is 927. The van der Waals surface area contributed by atoms with Crippen molar-refractivity contribution in [2.45, 2.75) is 51.4 Å². The fourth-order valence-corrected chi connectivity index (χ4v) is 3.89. The lowest BCUT2D eigenvalue weighted by molar-refractivity contribution is -0.112. The molecule has 0 amide bonds. The number of nitrogens with two attached hydrogens (primary N) is 1. The van der Waals surface area contributed by atoms with E-state index in [2.05, 4.69) is 24.0 Å². The Kier molecular flexibility index (Phi) is 8.55. The van der Waals surface area contributed by atoms with Crippen LogP contribution in [-0.2, 0) is 11.4 Å². The molecule has 1 aromatic heterocycles. The van der Waals surface area contributed by atoms with Gasteiger partial charge in [0.1, 0.15) is 24.0 Å². The first-order valence-corrected chi connectivity index (χ1v) is 10.6. The highest BCUT2D eigenvalue weighted by Crippen LogP contribution is 2.28. The van der Waals surface area contributed by atoms with E-state index in [1.807, 2.05) is 22.8 Å². The highest BCUT2D eigenvalue weighted by Gasteiger charge is 2.21. The summed E-state index contributed by atoms with van der Waals surface area (Å²) in [6.45, 7) is 5.91. The van der Waals surface area contributed by atoms with Crippen molar-refractivity contribution in [3.05, 3.63) is 46.4 Å². The van der Waals surface area contributed by atoms with Gasteiger partial charge in [-0.05, 0) is 31.9 Å². The van der Waals surface area contributed by atoms with Crippen molar-refractivity contribution in [3.63, 3.8) is 0 Å². The average Bonchev–Trinajstić information content (AvgIpc) is 3.10. The molecule has 2 N–H and O–H groups in total. The normalized spacial score (nSPS) is 11.9. The van der Waals surface area contributed by atoms with Crippen LogP contribution in [0.5, 0.6) is 5.75 Å². The summed E-state index contributed by atoms with van der Waals surface area (Å²) in [5.41, 5.74) is 5.81. The van der Waals surface area contributed by atoms with Gasteiger partial charge in [-0.3, -0.25) is 4.79 Å². The molecule has 0 aliphatic rings. The minimum absolute atomic E-state index is 0.0200. The van der Waals surface area contributed by atoms with Gasteiger partial charge in [0.05, 0.1) is 10.8 Å². The van der Waals surface area contributed by atoms with Gasteiger partial charge >= 0.3 is 0 Å². The van der Waals surface area contributed by atoms with E-state index in [0.717, 1.165) is 12.8 Å². The molecule has 0 aliphatic heterocycles. The molecule has 1 aromatic carbocycles. The number of allylic oxidation sites excluding steroid dienone is 2. The van der Waals surface area contributed by atoms with E-state index < -0.39 is 0 Å². The first-order valence-electron chi connectivity index (χ1n) is 9.26. The minimum Gasteiger partial charge on any atom is -0.484 e. The summed E-state index contributed by atoms with van der Waals surface area (Å²) in [5, 5.41) is 18.8. The molecule has 0 unspecified atom stereocenters. The molecule has 0 saturated carbocycles. The predicted molar refractivity (Wildman–Crippen MR) is 114 cm³/mol. The number of benzene rings is 1. The van der Waals surface area contributed by atoms with E-state index in [1.54, 1.807) is 12.1 Å². The number of nitrogens with zero attached hydrogens (tertiary/aromatic N) is 4. The average molecular weight is 434 g/mol. The van der Waals surface area contributed by atoms with Crippen molar-refractivity contribution in [1.29, 1.82) is 5.26 Å². The number of rotatable bonds is 10. The fourth-order valence-electron chi connectivity index (χ4n) is 2.80. The molecule has 0 radical (unpaired) electrons. The number of ether oxygens (including phenoxy) is 1. The van der Waals surface area contributed by atoms with Gasteiger partial charge in [0.2, 0.25) is 0 Å². The predicted octanol–water partition coefficient (Wildman–Crippen LogP) is 4.29. The molecule has 29 heavy (non-hydrogen) atoms. The number of hydrogen-bond donors (Lipinski definition) is 1. The van der Waals surface area contributed by atoms with Crippen molar-refractivity contribution in [2.24, 2.45) is 5.73 Å². The summed E-state index contributed by atoms with van der Waals surface area (Å²) >= 11 is 7.39. The van der Waals surface area contributed by atoms with Gasteiger partial charge in [0.15, 0.2) is 16.8 Å². The van der Waals surface area contributed by atoms with Gasteiger partial charge in [0, 0.05) is 11.7 Å². The monoisotopic (exact) mass is 433 g/mol. The van der Waals surface area contributed by atoms with Crippen LogP contribution < -0.4 is 10.5 Å². The molecular formula is C20H24ClN5O2S. The molecule has 0 spiro atoms. The van der Waals surface area contributed by atoms with Gasteiger partial charge in [-0.15, -0.1) is 10.2 Å². The molecular weight excluding hydrogens is 410 g/mol. The van der Waals surface area contributed by atoms with E-state index in [0.29, 0.717) is 21.8 Å². The molecule has 0 fully saturated rings. The van der Waals surface area contributed by atoms with Crippen LogP contribution in [0.15, 0.2) is 40.7 Å². The zero-order valence-corrected chi connectivity index (χ0v) is 18.3. The molecule has 0 saturated heterocycles.